The third kappa shape index (κ3) is 4.61. The van der Waals surface area contributed by atoms with Crippen LogP contribution < -0.4 is 5.32 Å². The second-order valence-corrected chi connectivity index (χ2v) is 8.51. The molecule has 7 nitrogen and oxygen atoms in total. The van der Waals surface area contributed by atoms with Gasteiger partial charge in [0.25, 0.3) is 0 Å². The van der Waals surface area contributed by atoms with E-state index in [2.05, 4.69) is 25.8 Å². The standard InChI is InChI=1S/C20H18Cl2N6OS/c1-12-2-3-15(22)9-18(12)28-20(25-26-27-28)30-11-19(29)23-7-6-13-10-24-17-5-4-14(21)8-16(13)17/h2-5,8-10,24H,6-7,11H2,1H3,(H,23,29). The SMILES string of the molecule is Cc1ccc(Cl)cc1-n1nnnc1SCC(=O)NCCc1c[nH]c2ccc(Cl)cc12. The molecule has 4 aromatic rings. The molecule has 0 saturated carbocycles. The lowest BCUT2D eigenvalue weighted by Gasteiger charge is -2.08. The molecule has 0 unspecified atom stereocenters. The predicted molar refractivity (Wildman–Crippen MR) is 120 cm³/mol. The summed E-state index contributed by atoms with van der Waals surface area (Å²) in [6, 6.07) is 11.2. The Morgan fingerprint density at radius 3 is 2.87 bits per heavy atom. The molecule has 2 aromatic carbocycles. The Labute approximate surface area is 187 Å². The smallest absolute Gasteiger partial charge is 0.230 e. The lowest BCUT2D eigenvalue weighted by atomic mass is 10.1. The summed E-state index contributed by atoms with van der Waals surface area (Å²) in [6.45, 7) is 2.48. The van der Waals surface area contributed by atoms with Crippen molar-refractivity contribution in [1.29, 1.82) is 0 Å². The number of hydrogen-bond donors (Lipinski definition) is 2. The van der Waals surface area contributed by atoms with Crippen molar-refractivity contribution in [2.45, 2.75) is 18.5 Å². The zero-order valence-corrected chi connectivity index (χ0v) is 18.4. The third-order valence-electron chi connectivity index (χ3n) is 4.62. The summed E-state index contributed by atoms with van der Waals surface area (Å²) in [5.74, 6) is 0.120. The minimum atomic E-state index is -0.0877. The van der Waals surface area contributed by atoms with E-state index in [0.717, 1.165) is 27.7 Å². The monoisotopic (exact) mass is 460 g/mol. The maximum absolute atomic E-state index is 12.3. The van der Waals surface area contributed by atoms with Crippen LogP contribution in [0.1, 0.15) is 11.1 Å². The molecule has 2 aromatic heterocycles. The van der Waals surface area contributed by atoms with Crippen LogP contribution in [0.5, 0.6) is 0 Å². The largest absolute Gasteiger partial charge is 0.361 e. The van der Waals surface area contributed by atoms with Crippen LogP contribution >= 0.6 is 35.0 Å². The van der Waals surface area contributed by atoms with E-state index in [0.29, 0.717) is 28.2 Å². The Kier molecular flexibility index (Phi) is 6.26. The number of carbonyl (C=O) groups excluding carboxylic acids is 1. The number of fused-ring (bicyclic) bond motifs is 1. The van der Waals surface area contributed by atoms with Gasteiger partial charge in [0.05, 0.1) is 11.4 Å². The molecule has 2 heterocycles. The van der Waals surface area contributed by atoms with Crippen molar-refractivity contribution in [3.05, 3.63) is 63.8 Å². The minimum absolute atomic E-state index is 0.0877. The number of thioether (sulfide) groups is 1. The van der Waals surface area contributed by atoms with Crippen LogP contribution in [0.3, 0.4) is 0 Å². The molecular formula is C20H18Cl2N6OS. The van der Waals surface area contributed by atoms with Gasteiger partial charge in [-0.2, -0.15) is 4.68 Å². The number of halogens is 2. The van der Waals surface area contributed by atoms with Crippen molar-refractivity contribution in [2.75, 3.05) is 12.3 Å². The molecule has 2 N–H and O–H groups in total. The number of hydrogen-bond acceptors (Lipinski definition) is 5. The van der Waals surface area contributed by atoms with Gasteiger partial charge in [-0.15, -0.1) is 5.10 Å². The molecule has 0 aliphatic carbocycles. The Balaban J connectivity index is 1.33. The lowest BCUT2D eigenvalue weighted by Crippen LogP contribution is -2.27. The number of tetrazole rings is 1. The Morgan fingerprint density at radius 1 is 1.20 bits per heavy atom. The normalized spacial score (nSPS) is 11.2. The van der Waals surface area contributed by atoms with Gasteiger partial charge in [0.2, 0.25) is 11.1 Å². The van der Waals surface area contributed by atoms with Crippen LogP contribution in [0.4, 0.5) is 0 Å². The zero-order chi connectivity index (χ0) is 21.1. The van der Waals surface area contributed by atoms with Crippen LogP contribution in [-0.4, -0.2) is 43.4 Å². The molecule has 0 saturated heterocycles. The van der Waals surface area contributed by atoms with Crippen LogP contribution in [0.25, 0.3) is 16.6 Å². The highest BCUT2D eigenvalue weighted by Gasteiger charge is 2.14. The molecule has 4 rings (SSSR count). The van der Waals surface area contributed by atoms with Gasteiger partial charge in [-0.1, -0.05) is 41.0 Å². The maximum atomic E-state index is 12.3. The Hall–Kier alpha value is -2.55. The highest BCUT2D eigenvalue weighted by Crippen LogP contribution is 2.24. The van der Waals surface area contributed by atoms with Gasteiger partial charge in [-0.25, -0.2) is 0 Å². The fourth-order valence-corrected chi connectivity index (χ4v) is 4.16. The average Bonchev–Trinajstić information content (AvgIpc) is 3.35. The molecule has 1 amide bonds. The second-order valence-electron chi connectivity index (χ2n) is 6.70. The summed E-state index contributed by atoms with van der Waals surface area (Å²) < 4.78 is 1.59. The first-order valence-electron chi connectivity index (χ1n) is 9.21. The number of benzene rings is 2. The molecule has 30 heavy (non-hydrogen) atoms. The Morgan fingerprint density at radius 2 is 2.00 bits per heavy atom. The molecule has 0 bridgehead atoms. The summed E-state index contributed by atoms with van der Waals surface area (Å²) in [6.07, 6.45) is 2.65. The van der Waals surface area contributed by atoms with Crippen molar-refractivity contribution < 1.29 is 4.79 Å². The fraction of sp³-hybridized carbons (Fsp3) is 0.200. The summed E-state index contributed by atoms with van der Waals surface area (Å²) in [5, 5.41) is 17.6. The number of nitrogens with one attached hydrogen (secondary N) is 2. The van der Waals surface area contributed by atoms with Crippen LogP contribution in [-0.2, 0) is 11.2 Å². The van der Waals surface area contributed by atoms with Gasteiger partial charge in [0.15, 0.2) is 0 Å². The van der Waals surface area contributed by atoms with Gasteiger partial charge in [0.1, 0.15) is 0 Å². The van der Waals surface area contributed by atoms with Gasteiger partial charge in [-0.3, -0.25) is 4.79 Å². The number of aromatic amines is 1. The van der Waals surface area contributed by atoms with E-state index in [1.165, 1.54) is 11.8 Å². The van der Waals surface area contributed by atoms with E-state index in [1.807, 2.05) is 43.5 Å². The topological polar surface area (TPSA) is 88.5 Å². The molecule has 10 heteroatoms. The van der Waals surface area contributed by atoms with Crippen molar-refractivity contribution in [2.24, 2.45) is 0 Å². The van der Waals surface area contributed by atoms with E-state index in [-0.39, 0.29) is 11.7 Å². The molecule has 0 aliphatic rings. The van der Waals surface area contributed by atoms with E-state index in [1.54, 1.807) is 10.7 Å². The number of amides is 1. The molecule has 0 fully saturated rings. The number of aryl methyl sites for hydroxylation is 1. The van der Waals surface area contributed by atoms with Crippen LogP contribution in [0.2, 0.25) is 10.0 Å². The van der Waals surface area contributed by atoms with E-state index < -0.39 is 0 Å². The first kappa shape index (κ1) is 20.7. The Bertz CT molecular complexity index is 1210. The van der Waals surface area contributed by atoms with Gasteiger partial charge < -0.3 is 10.3 Å². The van der Waals surface area contributed by atoms with Crippen LogP contribution in [0, 0.1) is 6.92 Å². The number of rotatable bonds is 7. The van der Waals surface area contributed by atoms with Crippen molar-refractivity contribution in [3.63, 3.8) is 0 Å². The minimum Gasteiger partial charge on any atom is -0.361 e. The predicted octanol–water partition coefficient (Wildman–Crippen LogP) is 4.21. The van der Waals surface area contributed by atoms with Crippen LogP contribution in [0.15, 0.2) is 47.8 Å². The van der Waals surface area contributed by atoms with E-state index in [9.17, 15) is 4.79 Å². The number of carbonyl (C=O) groups is 1. The molecule has 0 atom stereocenters. The summed E-state index contributed by atoms with van der Waals surface area (Å²) >= 11 is 13.5. The summed E-state index contributed by atoms with van der Waals surface area (Å²) in [5.41, 5.74) is 3.91. The van der Waals surface area contributed by atoms with Crippen molar-refractivity contribution in [1.82, 2.24) is 30.5 Å². The highest BCUT2D eigenvalue weighted by molar-refractivity contribution is 7.99. The molecule has 0 radical (unpaired) electrons. The van der Waals surface area contributed by atoms with Gasteiger partial charge >= 0.3 is 0 Å². The zero-order valence-electron chi connectivity index (χ0n) is 16.0. The van der Waals surface area contributed by atoms with Gasteiger partial charge in [-0.05, 0) is 65.2 Å². The average molecular weight is 461 g/mol. The molecule has 154 valence electrons. The summed E-state index contributed by atoms with van der Waals surface area (Å²) in [7, 11) is 0. The van der Waals surface area contributed by atoms with E-state index >= 15 is 0 Å². The number of aromatic nitrogens is 5. The van der Waals surface area contributed by atoms with Crippen molar-refractivity contribution in [3.8, 4) is 5.69 Å². The number of H-pyrrole nitrogens is 1. The highest BCUT2D eigenvalue weighted by atomic mass is 35.5. The maximum Gasteiger partial charge on any atom is 0.230 e. The molecule has 0 spiro atoms. The fourth-order valence-electron chi connectivity index (χ4n) is 3.11. The molecule has 0 aliphatic heterocycles. The number of nitrogens with zero attached hydrogens (tertiary/aromatic N) is 4. The van der Waals surface area contributed by atoms with E-state index in [4.69, 9.17) is 23.2 Å². The third-order valence-corrected chi connectivity index (χ3v) is 6.01. The molecular weight excluding hydrogens is 443 g/mol. The quantitative estimate of drug-likeness (QED) is 0.403. The summed E-state index contributed by atoms with van der Waals surface area (Å²) in [4.78, 5) is 15.5. The first-order valence-corrected chi connectivity index (χ1v) is 11.0. The first-order chi connectivity index (χ1) is 14.5. The lowest BCUT2D eigenvalue weighted by molar-refractivity contribution is -0.118. The van der Waals surface area contributed by atoms with Gasteiger partial charge in [0, 0.05) is 33.7 Å². The van der Waals surface area contributed by atoms with Crippen molar-refractivity contribution >= 4 is 51.8 Å². The second kappa shape index (κ2) is 9.07.